The fraction of sp³-hybridized carbons (Fsp3) is 0.250. The Hall–Kier alpha value is -2.52. The van der Waals surface area contributed by atoms with E-state index in [4.69, 9.17) is 4.74 Å². The van der Waals surface area contributed by atoms with Gasteiger partial charge in [0.2, 0.25) is 17.7 Å². The Balaban J connectivity index is 1.58. The number of hydrogen-bond donors (Lipinski definition) is 3. The van der Waals surface area contributed by atoms with Crippen molar-refractivity contribution >= 4 is 51.1 Å². The van der Waals surface area contributed by atoms with E-state index < -0.39 is 0 Å². The normalized spacial score (nSPS) is 10.1. The van der Waals surface area contributed by atoms with Gasteiger partial charge in [0, 0.05) is 16.7 Å². The van der Waals surface area contributed by atoms with E-state index in [1.165, 1.54) is 11.8 Å². The van der Waals surface area contributed by atoms with Gasteiger partial charge in [-0.15, -0.1) is 11.8 Å². The number of nitrogens with one attached hydrogen (secondary N) is 3. The molecule has 2 aromatic carbocycles. The number of carbonyl (C=O) groups is 3. The molecule has 29 heavy (non-hydrogen) atoms. The van der Waals surface area contributed by atoms with Crippen LogP contribution in [0, 0.1) is 0 Å². The van der Waals surface area contributed by atoms with E-state index in [1.54, 1.807) is 19.2 Å². The summed E-state index contributed by atoms with van der Waals surface area (Å²) in [7, 11) is 1.59. The van der Waals surface area contributed by atoms with Crippen LogP contribution >= 0.6 is 27.7 Å². The predicted molar refractivity (Wildman–Crippen MR) is 118 cm³/mol. The van der Waals surface area contributed by atoms with Crippen LogP contribution in [0.1, 0.15) is 5.56 Å². The monoisotopic (exact) mass is 479 g/mol. The summed E-state index contributed by atoms with van der Waals surface area (Å²) in [5.41, 5.74) is 1.61. The number of thioether (sulfide) groups is 1. The summed E-state index contributed by atoms with van der Waals surface area (Å²) in [4.78, 5) is 35.5. The van der Waals surface area contributed by atoms with Crippen molar-refractivity contribution in [3.05, 3.63) is 58.6 Å². The minimum atomic E-state index is -0.301. The molecule has 0 atom stereocenters. The molecule has 0 unspecified atom stereocenters. The van der Waals surface area contributed by atoms with Gasteiger partial charge in [-0.25, -0.2) is 0 Å². The molecule has 0 heterocycles. The van der Waals surface area contributed by atoms with E-state index in [0.29, 0.717) is 12.2 Å². The van der Waals surface area contributed by atoms with Crippen LogP contribution in [-0.2, 0) is 20.9 Å². The first-order chi connectivity index (χ1) is 14.0. The van der Waals surface area contributed by atoms with Crippen molar-refractivity contribution in [2.24, 2.45) is 0 Å². The van der Waals surface area contributed by atoms with Gasteiger partial charge < -0.3 is 20.7 Å². The molecule has 0 aromatic heterocycles. The van der Waals surface area contributed by atoms with Gasteiger partial charge in [-0.05, 0) is 35.9 Å². The van der Waals surface area contributed by atoms with Crippen LogP contribution < -0.4 is 20.7 Å². The van der Waals surface area contributed by atoms with Crippen LogP contribution in [-0.4, -0.2) is 42.9 Å². The van der Waals surface area contributed by atoms with Crippen molar-refractivity contribution in [3.63, 3.8) is 0 Å². The first kappa shape index (κ1) is 22.8. The van der Waals surface area contributed by atoms with E-state index in [9.17, 15) is 14.4 Å². The fourth-order valence-electron chi connectivity index (χ4n) is 2.24. The van der Waals surface area contributed by atoms with Crippen LogP contribution in [0.5, 0.6) is 5.75 Å². The van der Waals surface area contributed by atoms with E-state index in [0.717, 1.165) is 15.8 Å². The third-order valence-electron chi connectivity index (χ3n) is 3.67. The lowest BCUT2D eigenvalue weighted by molar-refractivity contribution is -0.124. The average Bonchev–Trinajstić information content (AvgIpc) is 2.71. The predicted octanol–water partition coefficient (Wildman–Crippen LogP) is 2.56. The lowest BCUT2D eigenvalue weighted by Crippen LogP contribution is -2.37. The van der Waals surface area contributed by atoms with Crippen molar-refractivity contribution < 1.29 is 19.1 Å². The third-order valence-corrected chi connectivity index (χ3v) is 5.10. The molecule has 0 aliphatic carbocycles. The van der Waals surface area contributed by atoms with Crippen molar-refractivity contribution in [1.82, 2.24) is 10.6 Å². The number of halogens is 1. The number of benzene rings is 2. The molecule has 0 saturated heterocycles. The number of rotatable bonds is 10. The molecule has 154 valence electrons. The first-order valence-electron chi connectivity index (χ1n) is 8.76. The molecular weight excluding hydrogens is 458 g/mol. The lowest BCUT2D eigenvalue weighted by atomic mass is 10.2. The molecule has 0 aliphatic heterocycles. The lowest BCUT2D eigenvalue weighted by Gasteiger charge is -2.08. The molecule has 0 radical (unpaired) electrons. The zero-order valence-electron chi connectivity index (χ0n) is 15.9. The Morgan fingerprint density at radius 1 is 0.966 bits per heavy atom. The summed E-state index contributed by atoms with van der Waals surface area (Å²) in [6, 6.07) is 14.6. The highest BCUT2D eigenvalue weighted by atomic mass is 79.9. The second kappa shape index (κ2) is 12.1. The Morgan fingerprint density at radius 2 is 1.69 bits per heavy atom. The summed E-state index contributed by atoms with van der Waals surface area (Å²) in [6.45, 7) is 0.253. The Morgan fingerprint density at radius 3 is 2.38 bits per heavy atom. The highest BCUT2D eigenvalue weighted by Gasteiger charge is 2.08. The summed E-state index contributed by atoms with van der Waals surface area (Å²) in [6.07, 6.45) is 0. The number of carbonyl (C=O) groups excluding carboxylic acids is 3. The van der Waals surface area contributed by atoms with Crippen LogP contribution in [0.4, 0.5) is 5.69 Å². The van der Waals surface area contributed by atoms with Gasteiger partial charge >= 0.3 is 0 Å². The summed E-state index contributed by atoms with van der Waals surface area (Å²) in [5.74, 6) is 0.200. The number of ether oxygens (including phenoxy) is 1. The Bertz CT molecular complexity index is 846. The average molecular weight is 480 g/mol. The quantitative estimate of drug-likeness (QED) is 0.486. The fourth-order valence-corrected chi connectivity index (χ4v) is 3.28. The molecule has 3 amide bonds. The first-order valence-corrected chi connectivity index (χ1v) is 10.7. The largest absolute Gasteiger partial charge is 0.497 e. The summed E-state index contributed by atoms with van der Waals surface area (Å²) >= 11 is 4.51. The summed E-state index contributed by atoms with van der Waals surface area (Å²) in [5, 5.41) is 8.02. The number of hydrogen-bond acceptors (Lipinski definition) is 5. The number of anilines is 1. The van der Waals surface area contributed by atoms with Crippen LogP contribution in [0.2, 0.25) is 0 Å². The molecule has 0 bridgehead atoms. The van der Waals surface area contributed by atoms with Crippen molar-refractivity contribution in [2.75, 3.05) is 30.5 Å². The maximum Gasteiger partial charge on any atom is 0.239 e. The number of amides is 3. The van der Waals surface area contributed by atoms with E-state index in [1.807, 2.05) is 36.4 Å². The van der Waals surface area contributed by atoms with Crippen molar-refractivity contribution in [3.8, 4) is 5.75 Å². The van der Waals surface area contributed by atoms with Gasteiger partial charge in [-0.3, -0.25) is 14.4 Å². The third kappa shape index (κ3) is 9.01. The van der Waals surface area contributed by atoms with Crippen LogP contribution in [0.15, 0.2) is 53.0 Å². The van der Waals surface area contributed by atoms with Gasteiger partial charge in [0.1, 0.15) is 5.75 Å². The highest BCUT2D eigenvalue weighted by Crippen LogP contribution is 2.16. The van der Waals surface area contributed by atoms with Gasteiger partial charge in [0.15, 0.2) is 0 Å². The Labute approximate surface area is 182 Å². The Kier molecular flexibility index (Phi) is 9.52. The standard InChI is InChI=1S/C20H22BrN3O4S/c1-28-17-7-5-14(6-8-17)10-22-18(25)11-23-19(26)12-29-13-20(27)24-16-4-2-3-15(21)9-16/h2-9H,10-13H2,1H3,(H,22,25)(H,23,26)(H,24,27). The maximum atomic E-state index is 11.9. The topological polar surface area (TPSA) is 96.5 Å². The molecular formula is C20H22BrN3O4S. The molecule has 0 spiro atoms. The van der Waals surface area contributed by atoms with Gasteiger partial charge in [0.25, 0.3) is 0 Å². The minimum Gasteiger partial charge on any atom is -0.497 e. The molecule has 0 fully saturated rings. The zero-order valence-corrected chi connectivity index (χ0v) is 18.3. The van der Waals surface area contributed by atoms with Crippen molar-refractivity contribution in [1.29, 1.82) is 0 Å². The smallest absolute Gasteiger partial charge is 0.239 e. The van der Waals surface area contributed by atoms with Crippen LogP contribution in [0.3, 0.4) is 0 Å². The van der Waals surface area contributed by atoms with Gasteiger partial charge in [0.05, 0.1) is 25.2 Å². The van der Waals surface area contributed by atoms with Gasteiger partial charge in [-0.1, -0.05) is 34.1 Å². The zero-order chi connectivity index (χ0) is 21.1. The highest BCUT2D eigenvalue weighted by molar-refractivity contribution is 9.10. The van der Waals surface area contributed by atoms with E-state index >= 15 is 0 Å². The van der Waals surface area contributed by atoms with Crippen LogP contribution in [0.25, 0.3) is 0 Å². The molecule has 9 heteroatoms. The number of methoxy groups -OCH3 is 1. The van der Waals surface area contributed by atoms with Gasteiger partial charge in [-0.2, -0.15) is 0 Å². The maximum absolute atomic E-state index is 11.9. The molecule has 0 saturated carbocycles. The second-order valence-electron chi connectivity index (χ2n) is 5.95. The minimum absolute atomic E-state index is 0.0949. The molecule has 2 rings (SSSR count). The summed E-state index contributed by atoms with van der Waals surface area (Å²) < 4.78 is 5.95. The van der Waals surface area contributed by atoms with E-state index in [2.05, 4.69) is 31.9 Å². The SMILES string of the molecule is COc1ccc(CNC(=O)CNC(=O)CSCC(=O)Nc2cccc(Br)c2)cc1. The molecule has 3 N–H and O–H groups in total. The van der Waals surface area contributed by atoms with Crippen molar-refractivity contribution in [2.45, 2.75) is 6.54 Å². The second-order valence-corrected chi connectivity index (χ2v) is 7.85. The van der Waals surface area contributed by atoms with E-state index in [-0.39, 0.29) is 35.8 Å². The molecule has 0 aliphatic rings. The molecule has 2 aromatic rings. The molecule has 7 nitrogen and oxygen atoms in total.